The lowest BCUT2D eigenvalue weighted by molar-refractivity contribution is 0.0275. The number of carbonyl (C=O) groups is 1. The summed E-state index contributed by atoms with van der Waals surface area (Å²) in [4.78, 5) is 18.2. The summed E-state index contributed by atoms with van der Waals surface area (Å²) in [6, 6.07) is 5.95. The number of likely N-dealkylation sites (tertiary alicyclic amines) is 1. The van der Waals surface area contributed by atoms with E-state index in [1.165, 1.54) is 12.1 Å². The summed E-state index contributed by atoms with van der Waals surface area (Å²) in [5.41, 5.74) is 5.54. The van der Waals surface area contributed by atoms with E-state index in [1.807, 2.05) is 20.8 Å². The third-order valence-corrected chi connectivity index (χ3v) is 4.24. The molecule has 1 fully saturated rings. The molecular formula is C19H24FN5O3. The van der Waals surface area contributed by atoms with Crippen molar-refractivity contribution in [1.29, 1.82) is 0 Å². The van der Waals surface area contributed by atoms with Gasteiger partial charge in [0.15, 0.2) is 5.84 Å². The third kappa shape index (κ3) is 4.41. The highest BCUT2D eigenvalue weighted by Crippen LogP contribution is 2.28. The van der Waals surface area contributed by atoms with Gasteiger partial charge in [-0.05, 0) is 44.4 Å². The first-order valence-electron chi connectivity index (χ1n) is 8.95. The maximum atomic E-state index is 13.8. The second-order valence-electron chi connectivity index (χ2n) is 7.65. The number of rotatable bonds is 3. The summed E-state index contributed by atoms with van der Waals surface area (Å²) in [7, 11) is 0. The van der Waals surface area contributed by atoms with Crippen LogP contribution in [0.15, 0.2) is 29.4 Å². The van der Waals surface area contributed by atoms with E-state index in [0.29, 0.717) is 36.0 Å². The van der Waals surface area contributed by atoms with Crippen LogP contribution in [0.5, 0.6) is 5.88 Å². The van der Waals surface area contributed by atoms with Crippen molar-refractivity contribution in [1.82, 2.24) is 9.88 Å². The van der Waals surface area contributed by atoms with E-state index in [4.69, 9.17) is 21.1 Å². The number of pyridine rings is 1. The molecule has 1 unspecified atom stereocenters. The molecule has 0 radical (unpaired) electrons. The first-order valence-corrected chi connectivity index (χ1v) is 8.95. The van der Waals surface area contributed by atoms with Crippen LogP contribution in [0.2, 0.25) is 0 Å². The van der Waals surface area contributed by atoms with Crippen molar-refractivity contribution in [3.8, 4) is 5.88 Å². The molecule has 2 aromatic rings. The fourth-order valence-corrected chi connectivity index (χ4v) is 2.95. The van der Waals surface area contributed by atoms with Gasteiger partial charge in [-0.2, -0.15) is 5.10 Å². The van der Waals surface area contributed by atoms with E-state index in [9.17, 15) is 9.18 Å². The van der Waals surface area contributed by atoms with Crippen molar-refractivity contribution in [3.63, 3.8) is 0 Å². The van der Waals surface area contributed by atoms with Crippen molar-refractivity contribution in [3.05, 3.63) is 35.8 Å². The highest BCUT2D eigenvalue weighted by atomic mass is 19.1. The summed E-state index contributed by atoms with van der Waals surface area (Å²) in [6.07, 6.45) is -0.101. The second kappa shape index (κ2) is 7.49. The lowest BCUT2D eigenvalue weighted by Crippen LogP contribution is -2.36. The Balaban J connectivity index is 1.84. The van der Waals surface area contributed by atoms with Crippen LogP contribution >= 0.6 is 0 Å². The van der Waals surface area contributed by atoms with Gasteiger partial charge in [0.1, 0.15) is 23.2 Å². The van der Waals surface area contributed by atoms with Gasteiger partial charge in [-0.25, -0.2) is 14.2 Å². The number of aromatic nitrogens is 1. The Morgan fingerprint density at radius 2 is 2.11 bits per heavy atom. The highest BCUT2D eigenvalue weighted by Gasteiger charge is 2.31. The standard InChI is InChI=1S/C19H24FN5O3/c1-19(2,3)28-18(26)25-7-6-13(10-25)27-17-14-9-12(20)5-4-11(14)8-15(23-17)16(21)24-22/h4-5,8-9,13H,6-7,10,22H2,1-3H3,(H2,21,24). The Hall–Kier alpha value is -3.10. The molecule has 2 heterocycles. The van der Waals surface area contributed by atoms with Crippen LogP contribution in [0.1, 0.15) is 32.9 Å². The largest absolute Gasteiger partial charge is 0.472 e. The topological polar surface area (TPSA) is 116 Å². The smallest absolute Gasteiger partial charge is 0.410 e. The average Bonchev–Trinajstić information content (AvgIpc) is 3.08. The van der Waals surface area contributed by atoms with Crippen molar-refractivity contribution in [2.24, 2.45) is 16.7 Å². The molecule has 3 rings (SSSR count). The minimum Gasteiger partial charge on any atom is -0.472 e. The Kier molecular flexibility index (Phi) is 5.26. The summed E-state index contributed by atoms with van der Waals surface area (Å²) < 4.78 is 25.2. The number of amides is 1. The predicted molar refractivity (Wildman–Crippen MR) is 103 cm³/mol. The molecule has 1 atom stereocenters. The normalized spacial score (nSPS) is 17.8. The Morgan fingerprint density at radius 1 is 1.36 bits per heavy atom. The summed E-state index contributed by atoms with van der Waals surface area (Å²) in [5, 5.41) is 4.65. The van der Waals surface area contributed by atoms with Crippen molar-refractivity contribution in [2.75, 3.05) is 13.1 Å². The maximum absolute atomic E-state index is 13.8. The van der Waals surface area contributed by atoms with Crippen LogP contribution < -0.4 is 16.3 Å². The molecule has 1 aromatic carbocycles. The van der Waals surface area contributed by atoms with Gasteiger partial charge in [-0.15, -0.1) is 0 Å². The molecule has 1 aliphatic rings. The van der Waals surface area contributed by atoms with E-state index in [-0.39, 0.29) is 17.8 Å². The number of halogens is 1. The molecule has 4 N–H and O–H groups in total. The monoisotopic (exact) mass is 389 g/mol. The molecule has 0 spiro atoms. The van der Waals surface area contributed by atoms with Gasteiger partial charge >= 0.3 is 6.09 Å². The number of nitrogens with zero attached hydrogens (tertiary/aromatic N) is 3. The SMILES string of the molecule is CC(C)(C)OC(=O)N1CCC(Oc2nc(C(N)=NN)cc3ccc(F)cc23)C1. The molecule has 1 saturated heterocycles. The third-order valence-electron chi connectivity index (χ3n) is 4.24. The van der Waals surface area contributed by atoms with E-state index < -0.39 is 17.5 Å². The van der Waals surface area contributed by atoms with Crippen LogP contribution in [-0.2, 0) is 4.74 Å². The van der Waals surface area contributed by atoms with Gasteiger partial charge in [0, 0.05) is 18.4 Å². The van der Waals surface area contributed by atoms with Crippen molar-refractivity contribution >= 4 is 22.7 Å². The number of nitrogens with two attached hydrogens (primary N) is 2. The minimum absolute atomic E-state index is 0.0397. The number of hydrazone groups is 1. The zero-order chi connectivity index (χ0) is 20.5. The molecule has 0 saturated carbocycles. The highest BCUT2D eigenvalue weighted by molar-refractivity contribution is 6.00. The molecule has 8 nitrogen and oxygen atoms in total. The zero-order valence-electron chi connectivity index (χ0n) is 16.1. The molecular weight excluding hydrogens is 365 g/mol. The van der Waals surface area contributed by atoms with Crippen molar-refractivity contribution < 1.29 is 18.7 Å². The Labute approximate surface area is 162 Å². The van der Waals surface area contributed by atoms with Gasteiger partial charge in [-0.3, -0.25) is 0 Å². The minimum atomic E-state index is -0.571. The first kappa shape index (κ1) is 19.7. The predicted octanol–water partition coefficient (Wildman–Crippen LogP) is 2.34. The molecule has 28 heavy (non-hydrogen) atoms. The molecule has 150 valence electrons. The van der Waals surface area contributed by atoms with Gasteiger partial charge in [0.25, 0.3) is 0 Å². The number of fused-ring (bicyclic) bond motifs is 1. The van der Waals surface area contributed by atoms with E-state index >= 15 is 0 Å². The lowest BCUT2D eigenvalue weighted by Gasteiger charge is -2.24. The van der Waals surface area contributed by atoms with Crippen LogP contribution in [0.3, 0.4) is 0 Å². The number of benzene rings is 1. The summed E-state index contributed by atoms with van der Waals surface area (Å²) >= 11 is 0. The number of amidine groups is 1. The van der Waals surface area contributed by atoms with Gasteiger partial charge in [0.2, 0.25) is 5.88 Å². The number of hydrogen-bond donors (Lipinski definition) is 2. The molecule has 1 aliphatic heterocycles. The van der Waals surface area contributed by atoms with Crippen LogP contribution in [0.25, 0.3) is 10.8 Å². The molecule has 9 heteroatoms. The van der Waals surface area contributed by atoms with Crippen LogP contribution in [0, 0.1) is 5.82 Å². The van der Waals surface area contributed by atoms with E-state index in [0.717, 1.165) is 0 Å². The Bertz CT molecular complexity index is 926. The van der Waals surface area contributed by atoms with Crippen molar-refractivity contribution in [2.45, 2.75) is 38.9 Å². The zero-order valence-corrected chi connectivity index (χ0v) is 16.1. The molecule has 0 aliphatic carbocycles. The van der Waals surface area contributed by atoms with Gasteiger partial charge in [0.05, 0.1) is 6.54 Å². The maximum Gasteiger partial charge on any atom is 0.410 e. The molecule has 1 aromatic heterocycles. The number of carbonyl (C=O) groups excluding carboxylic acids is 1. The second-order valence-corrected chi connectivity index (χ2v) is 7.65. The summed E-state index contributed by atoms with van der Waals surface area (Å²) in [6.45, 7) is 6.29. The quantitative estimate of drug-likeness (QED) is 0.360. The van der Waals surface area contributed by atoms with Gasteiger partial charge < -0.3 is 25.9 Å². The van der Waals surface area contributed by atoms with Gasteiger partial charge in [-0.1, -0.05) is 6.07 Å². The summed E-state index contributed by atoms with van der Waals surface area (Å²) in [5.74, 6) is 5.10. The van der Waals surface area contributed by atoms with E-state index in [1.54, 1.807) is 17.0 Å². The van der Waals surface area contributed by atoms with E-state index in [2.05, 4.69) is 10.1 Å². The average molecular weight is 389 g/mol. The van der Waals surface area contributed by atoms with Crippen LogP contribution in [0.4, 0.5) is 9.18 Å². The van der Waals surface area contributed by atoms with Crippen LogP contribution in [-0.4, -0.2) is 46.6 Å². The fourth-order valence-electron chi connectivity index (χ4n) is 2.95. The fraction of sp³-hybridized carbons (Fsp3) is 0.421. The molecule has 1 amide bonds. The first-order chi connectivity index (χ1) is 13.2. The number of hydrogen-bond acceptors (Lipinski definition) is 6. The number of ether oxygens (including phenoxy) is 2. The lowest BCUT2D eigenvalue weighted by atomic mass is 10.1. The Morgan fingerprint density at radius 3 is 2.79 bits per heavy atom. The molecule has 0 bridgehead atoms.